The first kappa shape index (κ1) is 17.0. The number of benzene rings is 1. The molecule has 1 amide bonds. The van der Waals surface area contributed by atoms with E-state index in [1.54, 1.807) is 24.1 Å². The van der Waals surface area contributed by atoms with Gasteiger partial charge in [-0.25, -0.2) is 8.42 Å². The van der Waals surface area contributed by atoms with Crippen molar-refractivity contribution in [2.24, 2.45) is 5.92 Å². The predicted octanol–water partition coefficient (Wildman–Crippen LogP) is 2.19. The molecule has 0 saturated heterocycles. The van der Waals surface area contributed by atoms with E-state index in [4.69, 9.17) is 5.11 Å². The van der Waals surface area contributed by atoms with Gasteiger partial charge in [0.15, 0.2) is 9.84 Å². The van der Waals surface area contributed by atoms with Crippen LogP contribution in [0.3, 0.4) is 0 Å². The Labute approximate surface area is 141 Å². The van der Waals surface area contributed by atoms with Crippen molar-refractivity contribution in [1.29, 1.82) is 0 Å². The minimum Gasteiger partial charge on any atom is -0.481 e. The molecule has 0 spiro atoms. The van der Waals surface area contributed by atoms with Gasteiger partial charge in [0.2, 0.25) is 5.91 Å². The van der Waals surface area contributed by atoms with Crippen LogP contribution in [0, 0.1) is 5.92 Å². The monoisotopic (exact) mass is 351 g/mol. The lowest BCUT2D eigenvalue weighted by Crippen LogP contribution is -2.27. The van der Waals surface area contributed by atoms with Crippen molar-refractivity contribution in [3.63, 3.8) is 0 Å². The van der Waals surface area contributed by atoms with Gasteiger partial charge in [-0.3, -0.25) is 9.59 Å². The SMILES string of the molecule is CN1C(=O)C(C2CCCC2)c2cc(S(=O)(=O)CCC(=O)O)ccc21. The van der Waals surface area contributed by atoms with Gasteiger partial charge in [-0.2, -0.15) is 0 Å². The van der Waals surface area contributed by atoms with Crippen molar-refractivity contribution in [3.05, 3.63) is 23.8 Å². The molecule has 1 aliphatic heterocycles. The van der Waals surface area contributed by atoms with Gasteiger partial charge >= 0.3 is 5.97 Å². The number of fused-ring (bicyclic) bond motifs is 1. The van der Waals surface area contributed by atoms with Crippen LogP contribution in [-0.2, 0) is 19.4 Å². The van der Waals surface area contributed by atoms with E-state index >= 15 is 0 Å². The highest BCUT2D eigenvalue weighted by molar-refractivity contribution is 7.91. The van der Waals surface area contributed by atoms with Crippen LogP contribution < -0.4 is 4.90 Å². The molecule has 1 fully saturated rings. The van der Waals surface area contributed by atoms with E-state index in [9.17, 15) is 18.0 Å². The molecule has 1 saturated carbocycles. The molecule has 7 heteroatoms. The third-order valence-corrected chi connectivity index (χ3v) is 6.82. The van der Waals surface area contributed by atoms with E-state index in [-0.39, 0.29) is 22.6 Å². The molecule has 3 rings (SSSR count). The molecule has 0 bridgehead atoms. The van der Waals surface area contributed by atoms with Gasteiger partial charge in [-0.15, -0.1) is 0 Å². The third-order valence-electron chi connectivity index (χ3n) is 5.11. The second-order valence-corrected chi connectivity index (χ2v) is 8.71. The number of aliphatic carboxylic acids is 1. The predicted molar refractivity (Wildman–Crippen MR) is 88.9 cm³/mol. The maximum Gasteiger partial charge on any atom is 0.304 e. The number of sulfone groups is 1. The molecule has 0 radical (unpaired) electrons. The van der Waals surface area contributed by atoms with Crippen LogP contribution in [0.2, 0.25) is 0 Å². The van der Waals surface area contributed by atoms with Crippen LogP contribution in [-0.4, -0.2) is 38.2 Å². The Bertz CT molecular complexity index is 780. The van der Waals surface area contributed by atoms with Crippen molar-refractivity contribution >= 4 is 27.4 Å². The van der Waals surface area contributed by atoms with Gasteiger partial charge in [0.1, 0.15) is 0 Å². The summed E-state index contributed by atoms with van der Waals surface area (Å²) < 4.78 is 24.7. The van der Waals surface area contributed by atoms with E-state index in [0.29, 0.717) is 0 Å². The van der Waals surface area contributed by atoms with Crippen molar-refractivity contribution in [3.8, 4) is 0 Å². The normalized spacial score (nSPS) is 21.3. The van der Waals surface area contributed by atoms with E-state index in [0.717, 1.165) is 36.9 Å². The first-order valence-corrected chi connectivity index (χ1v) is 9.82. The van der Waals surface area contributed by atoms with E-state index < -0.39 is 28.0 Å². The number of carbonyl (C=O) groups is 2. The van der Waals surface area contributed by atoms with E-state index in [2.05, 4.69) is 0 Å². The van der Waals surface area contributed by atoms with Gasteiger partial charge in [0.05, 0.1) is 23.0 Å². The van der Waals surface area contributed by atoms with Crippen LogP contribution in [0.15, 0.2) is 23.1 Å². The number of carbonyl (C=O) groups excluding carboxylic acids is 1. The summed E-state index contributed by atoms with van der Waals surface area (Å²) in [7, 11) is -1.95. The zero-order chi connectivity index (χ0) is 17.5. The molecular weight excluding hydrogens is 330 g/mol. The maximum atomic E-state index is 12.6. The highest BCUT2D eigenvalue weighted by Crippen LogP contribution is 2.46. The molecule has 0 aromatic heterocycles. The average Bonchev–Trinajstić information content (AvgIpc) is 3.13. The zero-order valence-electron chi connectivity index (χ0n) is 13.6. The van der Waals surface area contributed by atoms with Gasteiger partial charge in [-0.1, -0.05) is 12.8 Å². The minimum atomic E-state index is -3.67. The largest absolute Gasteiger partial charge is 0.481 e. The lowest BCUT2D eigenvalue weighted by Gasteiger charge is -2.17. The Balaban J connectivity index is 1.97. The van der Waals surface area contributed by atoms with Gasteiger partial charge < -0.3 is 10.0 Å². The number of likely N-dealkylation sites (N-methyl/N-ethyl adjacent to an activating group) is 1. The maximum absolute atomic E-state index is 12.6. The molecule has 1 atom stereocenters. The standard InChI is InChI=1S/C17H21NO5S/c1-18-14-7-6-12(24(22,23)9-8-15(19)20)10-13(14)16(17(18)21)11-4-2-3-5-11/h6-7,10-11,16H,2-5,8-9H2,1H3,(H,19,20). The number of carboxylic acid groups (broad SMARTS) is 1. The molecule has 1 aliphatic carbocycles. The van der Waals surface area contributed by atoms with E-state index in [1.807, 2.05) is 0 Å². The number of anilines is 1. The average molecular weight is 351 g/mol. The van der Waals surface area contributed by atoms with Gasteiger partial charge in [0, 0.05) is 12.7 Å². The Morgan fingerprint density at radius 1 is 1.29 bits per heavy atom. The molecular formula is C17H21NO5S. The molecule has 1 aromatic rings. The number of nitrogens with zero attached hydrogens (tertiary/aromatic N) is 1. The molecule has 6 nitrogen and oxygen atoms in total. The number of rotatable bonds is 5. The molecule has 2 aliphatic rings. The molecule has 130 valence electrons. The fourth-order valence-corrected chi connectivity index (χ4v) is 5.09. The molecule has 1 N–H and O–H groups in total. The first-order chi connectivity index (χ1) is 11.3. The second-order valence-electron chi connectivity index (χ2n) is 6.60. The van der Waals surface area contributed by atoms with Crippen LogP contribution >= 0.6 is 0 Å². The summed E-state index contributed by atoms with van der Waals surface area (Å²) in [4.78, 5) is 25.0. The molecule has 1 heterocycles. The van der Waals surface area contributed by atoms with E-state index in [1.165, 1.54) is 6.07 Å². The zero-order valence-corrected chi connectivity index (χ0v) is 14.4. The minimum absolute atomic E-state index is 0.0250. The molecule has 24 heavy (non-hydrogen) atoms. The quantitative estimate of drug-likeness (QED) is 0.878. The number of hydrogen-bond donors (Lipinski definition) is 1. The summed E-state index contributed by atoms with van der Waals surface area (Å²) in [6, 6.07) is 4.71. The Morgan fingerprint density at radius 3 is 2.58 bits per heavy atom. The lowest BCUT2D eigenvalue weighted by atomic mass is 9.86. The van der Waals surface area contributed by atoms with Crippen molar-refractivity contribution in [2.45, 2.75) is 42.9 Å². The lowest BCUT2D eigenvalue weighted by molar-refractivity contribution is -0.136. The first-order valence-electron chi connectivity index (χ1n) is 8.17. The van der Waals surface area contributed by atoms with Crippen LogP contribution in [0.25, 0.3) is 0 Å². The van der Waals surface area contributed by atoms with Gasteiger partial charge in [0.25, 0.3) is 0 Å². The fourth-order valence-electron chi connectivity index (χ4n) is 3.83. The summed E-state index contributed by atoms with van der Waals surface area (Å²) in [6.07, 6.45) is 3.75. The molecule has 1 aromatic carbocycles. The van der Waals surface area contributed by atoms with Crippen LogP contribution in [0.1, 0.15) is 43.6 Å². The highest BCUT2D eigenvalue weighted by atomic mass is 32.2. The summed E-state index contributed by atoms with van der Waals surface area (Å²) in [5.41, 5.74) is 1.53. The number of carboxylic acids is 1. The van der Waals surface area contributed by atoms with Crippen molar-refractivity contribution in [2.75, 3.05) is 17.7 Å². The van der Waals surface area contributed by atoms with Crippen LogP contribution in [0.5, 0.6) is 0 Å². The fraction of sp³-hybridized carbons (Fsp3) is 0.529. The molecule has 1 unspecified atom stereocenters. The van der Waals surface area contributed by atoms with Crippen LogP contribution in [0.4, 0.5) is 5.69 Å². The number of amides is 1. The summed E-state index contributed by atoms with van der Waals surface area (Å²) >= 11 is 0. The third kappa shape index (κ3) is 2.92. The van der Waals surface area contributed by atoms with Gasteiger partial charge in [-0.05, 0) is 42.5 Å². The Hall–Kier alpha value is -1.89. The topological polar surface area (TPSA) is 91.8 Å². The highest BCUT2D eigenvalue weighted by Gasteiger charge is 2.41. The Morgan fingerprint density at radius 2 is 1.96 bits per heavy atom. The Kier molecular flexibility index (Phi) is 4.38. The van der Waals surface area contributed by atoms with Crippen molar-refractivity contribution in [1.82, 2.24) is 0 Å². The smallest absolute Gasteiger partial charge is 0.304 e. The summed E-state index contributed by atoms with van der Waals surface area (Å²) in [5, 5.41) is 8.72. The summed E-state index contributed by atoms with van der Waals surface area (Å²) in [6.45, 7) is 0. The number of hydrogen-bond acceptors (Lipinski definition) is 4. The van der Waals surface area contributed by atoms with Crippen molar-refractivity contribution < 1.29 is 23.1 Å². The summed E-state index contributed by atoms with van der Waals surface area (Å²) in [5.74, 6) is -1.56. The second kappa shape index (κ2) is 6.20.